The van der Waals surface area contributed by atoms with Crippen LogP contribution in [0.25, 0.3) is 0 Å². The van der Waals surface area contributed by atoms with Gasteiger partial charge in [-0.25, -0.2) is 9.13 Å². The van der Waals surface area contributed by atoms with Crippen LogP contribution in [0.2, 0.25) is 0 Å². The van der Waals surface area contributed by atoms with Crippen molar-refractivity contribution in [2.75, 3.05) is 13.2 Å². The summed E-state index contributed by atoms with van der Waals surface area (Å²) in [7, 11) is -4.04. The highest BCUT2D eigenvalue weighted by atomic mass is 31.2. The van der Waals surface area contributed by atoms with Crippen molar-refractivity contribution in [3.63, 3.8) is 0 Å². The van der Waals surface area contributed by atoms with Crippen molar-refractivity contribution >= 4 is 7.82 Å². The highest BCUT2D eigenvalue weighted by Gasteiger charge is 2.08. The molecule has 1 aromatic rings. The molecular formula is C32H65N2O4P. The van der Waals surface area contributed by atoms with Crippen LogP contribution >= 0.6 is 7.82 Å². The number of imidazole rings is 1. The zero-order valence-electron chi connectivity index (χ0n) is 26.4. The lowest BCUT2D eigenvalue weighted by Crippen LogP contribution is -2.30. The topological polar surface area (TPSA) is 67.4 Å². The predicted molar refractivity (Wildman–Crippen MR) is 164 cm³/mol. The highest BCUT2D eigenvalue weighted by molar-refractivity contribution is 7.45. The number of rotatable bonds is 27. The Morgan fingerprint density at radius 3 is 1.51 bits per heavy atom. The maximum atomic E-state index is 11.3. The van der Waals surface area contributed by atoms with E-state index < -0.39 is 7.82 Å². The molecule has 0 aromatic carbocycles. The van der Waals surface area contributed by atoms with Gasteiger partial charge in [-0.3, -0.25) is 4.57 Å². The van der Waals surface area contributed by atoms with E-state index in [-0.39, 0.29) is 13.2 Å². The molecule has 7 heteroatoms. The van der Waals surface area contributed by atoms with Crippen LogP contribution in [0.4, 0.5) is 0 Å². The molecule has 0 saturated carbocycles. The molecular weight excluding hydrogens is 507 g/mol. The first-order chi connectivity index (χ1) is 19.0. The molecule has 0 N–H and O–H groups in total. The summed E-state index contributed by atoms with van der Waals surface area (Å²) < 4.78 is 25.5. The SMILES string of the molecule is CCCCCCCCCCC[n+]1ccn(CCCCCC)c1.CCCCCCOP(=O)([O-])OCCCCCC. The average Bonchev–Trinajstić information content (AvgIpc) is 3.38. The van der Waals surface area contributed by atoms with Crippen molar-refractivity contribution in [3.8, 4) is 0 Å². The van der Waals surface area contributed by atoms with Gasteiger partial charge in [0.15, 0.2) is 0 Å². The molecule has 0 aliphatic heterocycles. The highest BCUT2D eigenvalue weighted by Crippen LogP contribution is 2.38. The molecule has 0 radical (unpaired) electrons. The molecule has 6 nitrogen and oxygen atoms in total. The van der Waals surface area contributed by atoms with Crippen LogP contribution in [0, 0.1) is 0 Å². The zero-order valence-corrected chi connectivity index (χ0v) is 27.3. The van der Waals surface area contributed by atoms with Crippen LogP contribution in [0.15, 0.2) is 18.7 Å². The van der Waals surface area contributed by atoms with Gasteiger partial charge in [-0.05, 0) is 38.5 Å². The summed E-state index contributed by atoms with van der Waals surface area (Å²) in [5.74, 6) is 0. The van der Waals surface area contributed by atoms with E-state index in [0.717, 1.165) is 51.4 Å². The first kappa shape index (κ1) is 38.3. The van der Waals surface area contributed by atoms with Gasteiger partial charge in [-0.15, -0.1) is 0 Å². The minimum Gasteiger partial charge on any atom is -0.756 e. The summed E-state index contributed by atoms with van der Waals surface area (Å²) in [5.41, 5.74) is 0. The van der Waals surface area contributed by atoms with Gasteiger partial charge in [0.1, 0.15) is 12.4 Å². The molecule has 0 spiro atoms. The molecule has 0 atom stereocenters. The van der Waals surface area contributed by atoms with Crippen LogP contribution in [-0.2, 0) is 26.7 Å². The van der Waals surface area contributed by atoms with Crippen LogP contribution in [0.5, 0.6) is 0 Å². The van der Waals surface area contributed by atoms with Crippen molar-refractivity contribution in [2.45, 2.75) is 176 Å². The van der Waals surface area contributed by atoms with Crippen molar-refractivity contribution < 1.29 is 23.1 Å². The van der Waals surface area contributed by atoms with Crippen LogP contribution in [0.3, 0.4) is 0 Å². The molecule has 0 aliphatic rings. The average molecular weight is 573 g/mol. The van der Waals surface area contributed by atoms with E-state index in [9.17, 15) is 9.46 Å². The van der Waals surface area contributed by atoms with Gasteiger partial charge in [0.05, 0.1) is 26.3 Å². The number of unbranched alkanes of at least 4 members (excludes halogenated alkanes) is 17. The molecule has 0 saturated heterocycles. The number of nitrogens with zero attached hydrogens (tertiary/aromatic N) is 2. The first-order valence-corrected chi connectivity index (χ1v) is 18.1. The minimum absolute atomic E-state index is 0.246. The third-order valence-electron chi connectivity index (χ3n) is 7.03. The van der Waals surface area contributed by atoms with Gasteiger partial charge < -0.3 is 13.9 Å². The van der Waals surface area contributed by atoms with Crippen molar-refractivity contribution in [3.05, 3.63) is 18.7 Å². The normalized spacial score (nSPS) is 11.5. The van der Waals surface area contributed by atoms with Crippen molar-refractivity contribution in [1.82, 2.24) is 4.57 Å². The summed E-state index contributed by atoms with van der Waals surface area (Å²) in [6.07, 6.45) is 32.9. The second-order valence-electron chi connectivity index (χ2n) is 11.0. The Bertz CT molecular complexity index is 650. The summed E-state index contributed by atoms with van der Waals surface area (Å²) >= 11 is 0. The fourth-order valence-corrected chi connectivity index (χ4v) is 5.26. The summed E-state index contributed by atoms with van der Waals surface area (Å²) in [5, 5.41) is 0. The first-order valence-electron chi connectivity index (χ1n) is 16.6. The maximum Gasteiger partial charge on any atom is 0.267 e. The number of phosphoric ester groups is 1. The molecule has 1 heterocycles. The molecule has 1 aromatic heterocycles. The van der Waals surface area contributed by atoms with Crippen molar-refractivity contribution in [1.29, 1.82) is 0 Å². The summed E-state index contributed by atoms with van der Waals surface area (Å²) in [6.45, 7) is 11.6. The van der Waals surface area contributed by atoms with Gasteiger partial charge >= 0.3 is 0 Å². The van der Waals surface area contributed by atoms with Crippen LogP contribution < -0.4 is 9.46 Å². The van der Waals surface area contributed by atoms with E-state index >= 15 is 0 Å². The Balaban J connectivity index is 0.000000768. The molecule has 232 valence electrons. The summed E-state index contributed by atoms with van der Waals surface area (Å²) in [6, 6.07) is 0. The Kier molecular flexibility index (Phi) is 28.3. The third kappa shape index (κ3) is 27.3. The number of phosphoric acid groups is 1. The number of hydrogen-bond acceptors (Lipinski definition) is 4. The van der Waals surface area contributed by atoms with Gasteiger partial charge in [0.2, 0.25) is 6.33 Å². The lowest BCUT2D eigenvalue weighted by atomic mass is 10.1. The molecule has 39 heavy (non-hydrogen) atoms. The van der Waals surface area contributed by atoms with E-state index in [1.165, 1.54) is 96.6 Å². The quantitative estimate of drug-likeness (QED) is 0.0598. The predicted octanol–water partition coefficient (Wildman–Crippen LogP) is 9.54. The Labute approximate surface area is 242 Å². The number of aromatic nitrogens is 2. The van der Waals surface area contributed by atoms with E-state index in [1.54, 1.807) is 0 Å². The molecule has 1 rings (SSSR count). The van der Waals surface area contributed by atoms with Crippen molar-refractivity contribution in [2.24, 2.45) is 0 Å². The molecule has 0 unspecified atom stereocenters. The molecule has 0 fully saturated rings. The number of aryl methyl sites for hydroxylation is 2. The zero-order chi connectivity index (χ0) is 28.9. The monoisotopic (exact) mass is 572 g/mol. The van der Waals surface area contributed by atoms with Gasteiger partial charge in [-0.1, -0.05) is 124 Å². The second kappa shape index (κ2) is 28.8. The van der Waals surface area contributed by atoms with E-state index in [4.69, 9.17) is 9.05 Å². The Morgan fingerprint density at radius 2 is 1.03 bits per heavy atom. The fraction of sp³-hybridized carbons (Fsp3) is 0.906. The lowest BCUT2D eigenvalue weighted by molar-refractivity contribution is -0.696. The Morgan fingerprint density at radius 1 is 0.615 bits per heavy atom. The second-order valence-corrected chi connectivity index (χ2v) is 12.4. The van der Waals surface area contributed by atoms with Gasteiger partial charge in [-0.2, -0.15) is 0 Å². The Hall–Kier alpha value is -0.680. The van der Waals surface area contributed by atoms with E-state index in [1.807, 2.05) is 0 Å². The van der Waals surface area contributed by atoms with Crippen LogP contribution in [0.1, 0.15) is 163 Å². The van der Waals surface area contributed by atoms with E-state index in [2.05, 4.69) is 55.6 Å². The summed E-state index contributed by atoms with van der Waals surface area (Å²) in [4.78, 5) is 11.3. The smallest absolute Gasteiger partial charge is 0.267 e. The largest absolute Gasteiger partial charge is 0.756 e. The van der Waals surface area contributed by atoms with Crippen LogP contribution in [-0.4, -0.2) is 17.8 Å². The van der Waals surface area contributed by atoms with Gasteiger partial charge in [0, 0.05) is 0 Å². The molecule has 0 amide bonds. The minimum atomic E-state index is -4.04. The fourth-order valence-electron chi connectivity index (χ4n) is 4.48. The number of hydrogen-bond donors (Lipinski definition) is 0. The standard InChI is InChI=1S/C20H39N2.C12H27O4P/c1-3-5-7-9-10-11-12-13-15-17-22-19-18-21(20-22)16-14-8-6-4-2;1-3-5-7-9-11-15-17(13,14)16-12-10-8-6-4-2/h18-20H,3-17H2,1-2H3;3-12H2,1-2H3,(H,13,14)/q+1;/p-1. The third-order valence-corrected chi connectivity index (χ3v) is 8.03. The van der Waals surface area contributed by atoms with Gasteiger partial charge in [0.25, 0.3) is 7.82 Å². The van der Waals surface area contributed by atoms with E-state index in [0.29, 0.717) is 0 Å². The molecule has 0 bridgehead atoms. The lowest BCUT2D eigenvalue weighted by Gasteiger charge is -2.22. The maximum absolute atomic E-state index is 11.3. The molecule has 0 aliphatic carbocycles.